The number of aromatic amines is 1. The maximum Gasteiger partial charge on any atom is 0.253 e. The maximum atomic E-state index is 12.9. The molecule has 4 rings (SSSR count). The SMILES string of the molecule is CN1CCN(C)C2(CCN(C(=O)c3ccc(-c4ccn[nH]4)cc3)CC2)C1. The van der Waals surface area contributed by atoms with E-state index in [9.17, 15) is 4.79 Å². The lowest BCUT2D eigenvalue weighted by atomic mass is 9.83. The first-order chi connectivity index (χ1) is 12.6. The first-order valence-electron chi connectivity index (χ1n) is 9.36. The van der Waals surface area contributed by atoms with Crippen LogP contribution in [0.25, 0.3) is 11.3 Å². The number of hydrogen-bond acceptors (Lipinski definition) is 4. The summed E-state index contributed by atoms with van der Waals surface area (Å²) in [5.41, 5.74) is 3.00. The quantitative estimate of drug-likeness (QED) is 0.896. The molecule has 6 nitrogen and oxygen atoms in total. The highest BCUT2D eigenvalue weighted by Crippen LogP contribution is 2.31. The van der Waals surface area contributed by atoms with Crippen molar-refractivity contribution in [3.05, 3.63) is 42.1 Å². The van der Waals surface area contributed by atoms with Crippen molar-refractivity contribution in [1.82, 2.24) is 24.9 Å². The number of likely N-dealkylation sites (N-methyl/N-ethyl adjacent to an activating group) is 2. The van der Waals surface area contributed by atoms with Crippen molar-refractivity contribution in [2.45, 2.75) is 18.4 Å². The topological polar surface area (TPSA) is 55.5 Å². The van der Waals surface area contributed by atoms with E-state index in [-0.39, 0.29) is 11.4 Å². The molecule has 2 aliphatic heterocycles. The van der Waals surface area contributed by atoms with Gasteiger partial charge in [-0.25, -0.2) is 0 Å². The first kappa shape index (κ1) is 17.2. The smallest absolute Gasteiger partial charge is 0.253 e. The summed E-state index contributed by atoms with van der Waals surface area (Å²) in [6, 6.07) is 9.73. The average molecular weight is 353 g/mol. The number of piperazine rings is 1. The van der Waals surface area contributed by atoms with Crippen molar-refractivity contribution in [1.29, 1.82) is 0 Å². The molecule has 26 heavy (non-hydrogen) atoms. The molecule has 1 spiro atoms. The molecule has 1 aromatic heterocycles. The number of amides is 1. The van der Waals surface area contributed by atoms with Gasteiger partial charge in [0.25, 0.3) is 5.91 Å². The standard InChI is InChI=1S/C20H27N5O/c1-23-13-14-24(2)20(15-23)8-11-25(12-9-20)19(26)17-5-3-16(4-6-17)18-7-10-21-22-18/h3-7,10H,8-9,11-15H2,1-2H3,(H,21,22). The Bertz CT molecular complexity index is 747. The van der Waals surface area contributed by atoms with Gasteiger partial charge in [0.15, 0.2) is 0 Å². The molecule has 138 valence electrons. The minimum atomic E-state index is 0.142. The number of nitrogens with one attached hydrogen (secondary N) is 1. The number of carbonyl (C=O) groups excluding carboxylic acids is 1. The largest absolute Gasteiger partial charge is 0.339 e. The summed E-state index contributed by atoms with van der Waals surface area (Å²) >= 11 is 0. The van der Waals surface area contributed by atoms with Gasteiger partial charge < -0.3 is 9.80 Å². The van der Waals surface area contributed by atoms with Crippen molar-refractivity contribution in [3.63, 3.8) is 0 Å². The number of rotatable bonds is 2. The van der Waals surface area contributed by atoms with Crippen LogP contribution in [-0.4, -0.2) is 83.2 Å². The third-order valence-electron chi connectivity index (χ3n) is 6.12. The zero-order valence-corrected chi connectivity index (χ0v) is 15.6. The predicted octanol–water partition coefficient (Wildman–Crippen LogP) is 1.93. The van der Waals surface area contributed by atoms with Crippen molar-refractivity contribution in [2.75, 3.05) is 46.8 Å². The zero-order chi connectivity index (χ0) is 18.1. The van der Waals surface area contributed by atoms with E-state index in [1.165, 1.54) is 0 Å². The van der Waals surface area contributed by atoms with Crippen molar-refractivity contribution in [2.24, 2.45) is 0 Å². The van der Waals surface area contributed by atoms with Gasteiger partial charge in [-0.2, -0.15) is 5.10 Å². The van der Waals surface area contributed by atoms with Gasteiger partial charge in [0.2, 0.25) is 0 Å². The average Bonchev–Trinajstić information content (AvgIpc) is 3.20. The molecule has 2 fully saturated rings. The highest BCUT2D eigenvalue weighted by molar-refractivity contribution is 5.94. The fourth-order valence-corrected chi connectivity index (χ4v) is 4.32. The fourth-order valence-electron chi connectivity index (χ4n) is 4.32. The Morgan fingerprint density at radius 1 is 1.04 bits per heavy atom. The Morgan fingerprint density at radius 3 is 2.42 bits per heavy atom. The molecule has 3 heterocycles. The number of piperidine rings is 1. The maximum absolute atomic E-state index is 12.9. The molecule has 2 aromatic rings. The van der Waals surface area contributed by atoms with Crippen LogP contribution in [0.15, 0.2) is 36.5 Å². The van der Waals surface area contributed by atoms with Gasteiger partial charge in [0.05, 0.1) is 5.69 Å². The summed E-state index contributed by atoms with van der Waals surface area (Å²) in [5.74, 6) is 0.142. The molecular formula is C20H27N5O. The molecule has 2 saturated heterocycles. The van der Waals surface area contributed by atoms with Gasteiger partial charge in [0.1, 0.15) is 0 Å². The van der Waals surface area contributed by atoms with Gasteiger partial charge >= 0.3 is 0 Å². The van der Waals surface area contributed by atoms with Crippen LogP contribution in [0, 0.1) is 0 Å². The van der Waals surface area contributed by atoms with Gasteiger partial charge in [-0.1, -0.05) is 12.1 Å². The Labute approximate surface area is 154 Å². The Hall–Kier alpha value is -2.18. The van der Waals surface area contributed by atoms with Crippen LogP contribution in [0.4, 0.5) is 0 Å². The minimum Gasteiger partial charge on any atom is -0.339 e. The van der Waals surface area contributed by atoms with E-state index in [0.717, 1.165) is 62.4 Å². The Balaban J connectivity index is 1.42. The fraction of sp³-hybridized carbons (Fsp3) is 0.500. The van der Waals surface area contributed by atoms with Crippen LogP contribution in [0.2, 0.25) is 0 Å². The van der Waals surface area contributed by atoms with Gasteiger partial charge in [-0.3, -0.25) is 14.8 Å². The lowest BCUT2D eigenvalue weighted by molar-refractivity contribution is -0.0157. The number of aromatic nitrogens is 2. The highest BCUT2D eigenvalue weighted by Gasteiger charge is 2.42. The first-order valence-corrected chi connectivity index (χ1v) is 9.36. The summed E-state index contributed by atoms with van der Waals surface area (Å²) in [5, 5.41) is 6.93. The minimum absolute atomic E-state index is 0.142. The highest BCUT2D eigenvalue weighted by atomic mass is 16.2. The number of hydrogen-bond donors (Lipinski definition) is 1. The van der Waals surface area contributed by atoms with E-state index in [2.05, 4.69) is 34.1 Å². The van der Waals surface area contributed by atoms with Crippen LogP contribution < -0.4 is 0 Å². The van der Waals surface area contributed by atoms with Gasteiger partial charge in [-0.15, -0.1) is 0 Å². The molecule has 0 bridgehead atoms. The molecule has 0 aliphatic carbocycles. The Morgan fingerprint density at radius 2 is 1.77 bits per heavy atom. The molecule has 0 radical (unpaired) electrons. The van der Waals surface area contributed by atoms with E-state index in [1.807, 2.05) is 35.2 Å². The van der Waals surface area contributed by atoms with Crippen LogP contribution in [0.5, 0.6) is 0 Å². The van der Waals surface area contributed by atoms with Gasteiger partial charge in [0, 0.05) is 50.0 Å². The summed E-state index contributed by atoms with van der Waals surface area (Å²) in [6.45, 7) is 5.01. The van der Waals surface area contributed by atoms with E-state index in [0.29, 0.717) is 0 Å². The lowest BCUT2D eigenvalue weighted by Gasteiger charge is -2.52. The van der Waals surface area contributed by atoms with E-state index in [1.54, 1.807) is 6.20 Å². The number of H-pyrrole nitrogens is 1. The van der Waals surface area contributed by atoms with E-state index in [4.69, 9.17) is 0 Å². The normalized spacial score (nSPS) is 21.2. The molecular weight excluding hydrogens is 326 g/mol. The van der Waals surface area contributed by atoms with Crippen LogP contribution in [0.3, 0.4) is 0 Å². The predicted molar refractivity (Wildman–Crippen MR) is 102 cm³/mol. The molecule has 1 aromatic carbocycles. The van der Waals surface area contributed by atoms with Gasteiger partial charge in [-0.05, 0) is 50.7 Å². The summed E-state index contributed by atoms with van der Waals surface area (Å²) < 4.78 is 0. The third kappa shape index (κ3) is 3.15. The molecule has 0 atom stereocenters. The molecule has 6 heteroatoms. The van der Waals surface area contributed by atoms with Crippen molar-refractivity contribution >= 4 is 5.91 Å². The number of carbonyl (C=O) groups is 1. The lowest BCUT2D eigenvalue weighted by Crippen LogP contribution is -2.64. The molecule has 0 saturated carbocycles. The Kier molecular flexibility index (Phi) is 4.54. The van der Waals surface area contributed by atoms with Crippen molar-refractivity contribution in [3.8, 4) is 11.3 Å². The van der Waals surface area contributed by atoms with Crippen molar-refractivity contribution < 1.29 is 4.79 Å². The second-order valence-corrected chi connectivity index (χ2v) is 7.72. The summed E-state index contributed by atoms with van der Waals surface area (Å²) in [7, 11) is 4.44. The number of nitrogens with zero attached hydrogens (tertiary/aromatic N) is 4. The molecule has 0 unspecified atom stereocenters. The molecule has 2 aliphatic rings. The van der Waals surface area contributed by atoms with E-state index >= 15 is 0 Å². The van der Waals surface area contributed by atoms with E-state index < -0.39 is 0 Å². The van der Waals surface area contributed by atoms with Crippen LogP contribution in [-0.2, 0) is 0 Å². The monoisotopic (exact) mass is 353 g/mol. The second kappa shape index (κ2) is 6.85. The van der Waals surface area contributed by atoms with Crippen LogP contribution in [0.1, 0.15) is 23.2 Å². The molecule has 1 N–H and O–H groups in total. The number of benzene rings is 1. The summed E-state index contributed by atoms with van der Waals surface area (Å²) in [6.07, 6.45) is 3.83. The third-order valence-corrected chi connectivity index (χ3v) is 6.12. The zero-order valence-electron chi connectivity index (χ0n) is 15.6. The van der Waals surface area contributed by atoms with Crippen LogP contribution >= 0.6 is 0 Å². The summed E-state index contributed by atoms with van der Waals surface area (Å²) in [4.78, 5) is 19.8. The second-order valence-electron chi connectivity index (χ2n) is 7.72. The molecule has 1 amide bonds. The number of likely N-dealkylation sites (tertiary alicyclic amines) is 1.